The molecule has 0 aliphatic rings. The fourth-order valence-corrected chi connectivity index (χ4v) is 0.311. The molecule has 0 fully saturated rings. The largest absolute Gasteiger partial charge is 0.368 e. The van der Waals surface area contributed by atoms with E-state index in [-0.39, 0.29) is 0 Å². The molecule has 0 saturated heterocycles. The van der Waals surface area contributed by atoms with Crippen LogP contribution >= 0.6 is 0 Å². The maximum Gasteiger partial charge on any atom is 0.219 e. The molecule has 0 saturated carbocycles. The molecule has 7 heavy (non-hydrogen) atoms. The lowest BCUT2D eigenvalue weighted by Gasteiger charge is -1.82. The van der Waals surface area contributed by atoms with E-state index in [0.29, 0.717) is 5.95 Å². The van der Waals surface area contributed by atoms with Crippen molar-refractivity contribution in [1.29, 1.82) is 0 Å². The normalized spacial score (nSPS) is 8.57. The predicted molar refractivity (Wildman–Crippen MR) is 26.4 cm³/mol. The van der Waals surface area contributed by atoms with Crippen molar-refractivity contribution in [2.75, 3.05) is 5.73 Å². The van der Waals surface area contributed by atoms with E-state index in [9.17, 15) is 0 Å². The first kappa shape index (κ1) is 4.05. The Morgan fingerprint density at radius 3 is 2.14 bits per heavy atom. The number of anilines is 1. The summed E-state index contributed by atoms with van der Waals surface area (Å²) in [5.41, 5.74) is 5.14. The van der Waals surface area contributed by atoms with Crippen molar-refractivity contribution in [1.82, 2.24) is 9.97 Å². The fraction of sp³-hybridized carbons (Fsp3) is 0. The monoisotopic (exact) mass is 96.0 g/mol. The molecule has 2 N–H and O–H groups in total. The van der Waals surface area contributed by atoms with Gasteiger partial charge in [0.25, 0.3) is 0 Å². The van der Waals surface area contributed by atoms with Gasteiger partial charge in [0.1, 0.15) is 0 Å². The minimum Gasteiger partial charge on any atom is -0.368 e. The molecule has 1 aromatic rings. The highest BCUT2D eigenvalue weighted by Crippen LogP contribution is 1.81. The zero-order valence-corrected chi connectivity index (χ0v) is 3.70. The molecule has 1 heterocycles. The predicted octanol–water partition coefficient (Wildman–Crippen LogP) is 0.0588. The van der Waals surface area contributed by atoms with E-state index < -0.39 is 0 Å². The molecule has 3 heteroatoms. The van der Waals surface area contributed by atoms with E-state index >= 15 is 0 Å². The molecule has 0 aliphatic heterocycles. The number of nitrogens with zero attached hydrogens (tertiary/aromatic N) is 2. The van der Waals surface area contributed by atoms with Gasteiger partial charge >= 0.3 is 0 Å². The van der Waals surface area contributed by atoms with Gasteiger partial charge in [-0.05, 0) is 6.07 Å². The van der Waals surface area contributed by atoms with Gasteiger partial charge in [0, 0.05) is 12.4 Å². The van der Waals surface area contributed by atoms with E-state index in [1.807, 2.05) is 0 Å². The molecule has 0 atom stereocenters. The first-order valence-electron chi connectivity index (χ1n) is 1.92. The third-order valence-corrected chi connectivity index (χ3v) is 0.586. The quantitative estimate of drug-likeness (QED) is 0.464. The molecule has 0 aliphatic carbocycles. The molecule has 0 amide bonds. The average Bonchev–Trinajstić information content (AvgIpc) is 1.69. The maximum atomic E-state index is 5.14. The minimum absolute atomic E-state index is 0.322. The van der Waals surface area contributed by atoms with E-state index in [0.717, 1.165) is 0 Å². The summed E-state index contributed by atoms with van der Waals surface area (Å²) in [5, 5.41) is 0. The standard InChI is InChI=1S/C4H5N3/c5-4-6-2-1-3-7-4/h1-3H,(H2,5,6,7)/i5+1. The van der Waals surface area contributed by atoms with Crippen molar-refractivity contribution in [2.45, 2.75) is 0 Å². The number of rotatable bonds is 0. The van der Waals surface area contributed by atoms with Crippen LogP contribution < -0.4 is 5.73 Å². The molecule has 3 nitrogen and oxygen atoms in total. The molecule has 0 bridgehead atoms. The van der Waals surface area contributed by atoms with E-state index in [2.05, 4.69) is 9.97 Å². The summed E-state index contributed by atoms with van der Waals surface area (Å²) in [6.07, 6.45) is 3.20. The lowest BCUT2D eigenvalue weighted by atomic mass is 10.7. The second-order valence-electron chi connectivity index (χ2n) is 1.11. The van der Waals surface area contributed by atoms with Gasteiger partial charge in [-0.25, -0.2) is 9.97 Å². The number of aromatic nitrogens is 2. The molecular formula is C4H5N3. The smallest absolute Gasteiger partial charge is 0.219 e. The van der Waals surface area contributed by atoms with Gasteiger partial charge in [-0.1, -0.05) is 0 Å². The third-order valence-electron chi connectivity index (χ3n) is 0.586. The molecule has 1 rings (SSSR count). The number of nitrogen functional groups attached to an aromatic ring is 1. The highest BCUT2D eigenvalue weighted by atomic mass is 15.4. The lowest BCUT2D eigenvalue weighted by Crippen LogP contribution is -1.90. The van der Waals surface area contributed by atoms with E-state index in [4.69, 9.17) is 5.73 Å². The van der Waals surface area contributed by atoms with Crippen molar-refractivity contribution in [3.05, 3.63) is 18.5 Å². The second kappa shape index (κ2) is 1.55. The van der Waals surface area contributed by atoms with Gasteiger partial charge in [0.2, 0.25) is 5.95 Å². The van der Waals surface area contributed by atoms with Crippen LogP contribution in [0.5, 0.6) is 0 Å². The van der Waals surface area contributed by atoms with Crippen LogP contribution in [0.15, 0.2) is 18.5 Å². The first-order valence-corrected chi connectivity index (χ1v) is 1.92. The number of hydrogen-bond donors (Lipinski definition) is 1. The SMILES string of the molecule is [15NH2]c1ncccn1. The molecule has 0 spiro atoms. The summed E-state index contributed by atoms with van der Waals surface area (Å²) in [6, 6.07) is 1.72. The van der Waals surface area contributed by atoms with E-state index in [1.54, 1.807) is 18.5 Å². The van der Waals surface area contributed by atoms with Crippen LogP contribution in [0.2, 0.25) is 0 Å². The van der Waals surface area contributed by atoms with Crippen LogP contribution in [0.1, 0.15) is 0 Å². The molecule has 36 valence electrons. The lowest BCUT2D eigenvalue weighted by molar-refractivity contribution is 1.19. The first-order chi connectivity index (χ1) is 3.39. The van der Waals surface area contributed by atoms with Crippen LogP contribution in [0, 0.1) is 0 Å². The van der Waals surface area contributed by atoms with Crippen molar-refractivity contribution in [2.24, 2.45) is 0 Å². The summed E-state index contributed by atoms with van der Waals surface area (Å²) < 4.78 is 0. The van der Waals surface area contributed by atoms with Gasteiger partial charge in [-0.3, -0.25) is 0 Å². The Morgan fingerprint density at radius 2 is 1.86 bits per heavy atom. The highest BCUT2D eigenvalue weighted by Gasteiger charge is 1.75. The van der Waals surface area contributed by atoms with Gasteiger partial charge in [0.05, 0.1) is 0 Å². The van der Waals surface area contributed by atoms with Crippen molar-refractivity contribution in [3.63, 3.8) is 0 Å². The molecular weight excluding hydrogens is 91.1 g/mol. The van der Waals surface area contributed by atoms with Crippen molar-refractivity contribution < 1.29 is 0 Å². The third kappa shape index (κ3) is 0.855. The van der Waals surface area contributed by atoms with Crippen LogP contribution in [0.4, 0.5) is 5.95 Å². The topological polar surface area (TPSA) is 51.8 Å². The van der Waals surface area contributed by atoms with Gasteiger partial charge in [-0.15, -0.1) is 0 Å². The Bertz CT molecular complexity index is 137. The summed E-state index contributed by atoms with van der Waals surface area (Å²) in [5.74, 6) is 0.322. The van der Waals surface area contributed by atoms with Crippen LogP contribution in [0.3, 0.4) is 0 Å². The van der Waals surface area contributed by atoms with Crippen LogP contribution in [-0.4, -0.2) is 9.97 Å². The van der Waals surface area contributed by atoms with Gasteiger partial charge in [0.15, 0.2) is 0 Å². The zero-order chi connectivity index (χ0) is 5.11. The summed E-state index contributed by atoms with van der Waals surface area (Å²) in [6.45, 7) is 0. The average molecular weight is 96.1 g/mol. The summed E-state index contributed by atoms with van der Waals surface area (Å²) >= 11 is 0. The second-order valence-corrected chi connectivity index (χ2v) is 1.11. The van der Waals surface area contributed by atoms with Gasteiger partial charge < -0.3 is 5.73 Å². The highest BCUT2D eigenvalue weighted by molar-refractivity contribution is 5.11. The Kier molecular flexibility index (Phi) is 0.898. The molecule has 0 radical (unpaired) electrons. The Morgan fingerprint density at radius 1 is 1.29 bits per heavy atom. The molecule has 1 aromatic heterocycles. The minimum atomic E-state index is 0.322. The number of nitrogens with two attached hydrogens (primary N) is 1. The summed E-state index contributed by atoms with van der Waals surface area (Å²) in [7, 11) is 0. The van der Waals surface area contributed by atoms with Crippen molar-refractivity contribution in [3.8, 4) is 0 Å². The summed E-state index contributed by atoms with van der Waals surface area (Å²) in [4.78, 5) is 7.29. The Hall–Kier alpha value is -1.12. The zero-order valence-electron chi connectivity index (χ0n) is 3.70. The Balaban J connectivity index is 3.02. The van der Waals surface area contributed by atoms with Crippen LogP contribution in [-0.2, 0) is 0 Å². The number of hydrogen-bond acceptors (Lipinski definition) is 3. The van der Waals surface area contributed by atoms with Gasteiger partial charge in [-0.2, -0.15) is 0 Å². The van der Waals surface area contributed by atoms with E-state index in [1.165, 1.54) is 0 Å². The van der Waals surface area contributed by atoms with Crippen LogP contribution in [0.25, 0.3) is 0 Å². The molecule has 0 aromatic carbocycles. The Labute approximate surface area is 41.2 Å². The molecule has 0 unspecified atom stereocenters. The van der Waals surface area contributed by atoms with Crippen molar-refractivity contribution >= 4 is 5.95 Å². The fourth-order valence-electron chi connectivity index (χ4n) is 0.311. The maximum absolute atomic E-state index is 5.14.